The monoisotopic (exact) mass is 289 g/mol. The highest BCUT2D eigenvalue weighted by Crippen LogP contribution is 2.22. The molecule has 21 heavy (non-hydrogen) atoms. The van der Waals surface area contributed by atoms with Crippen molar-refractivity contribution in [1.82, 2.24) is 0 Å². The van der Waals surface area contributed by atoms with Crippen molar-refractivity contribution in [3.63, 3.8) is 0 Å². The van der Waals surface area contributed by atoms with E-state index in [1.807, 2.05) is 0 Å². The van der Waals surface area contributed by atoms with Crippen LogP contribution in [0.15, 0.2) is 42.5 Å². The predicted octanol–water partition coefficient (Wildman–Crippen LogP) is 3.19. The molecule has 0 amide bonds. The molecular formula is C16H16FNO3. The molecule has 0 fully saturated rings. The molecule has 0 aromatic heterocycles. The van der Waals surface area contributed by atoms with Crippen LogP contribution in [0, 0.1) is 5.82 Å². The van der Waals surface area contributed by atoms with E-state index >= 15 is 0 Å². The van der Waals surface area contributed by atoms with E-state index in [0.717, 1.165) is 5.56 Å². The number of carbonyl (C=O) groups is 1. The summed E-state index contributed by atoms with van der Waals surface area (Å²) in [5, 5.41) is 12.2. The van der Waals surface area contributed by atoms with Gasteiger partial charge in [0.25, 0.3) is 0 Å². The molecule has 0 bridgehead atoms. The van der Waals surface area contributed by atoms with Crippen molar-refractivity contribution in [3.8, 4) is 5.75 Å². The number of benzene rings is 2. The van der Waals surface area contributed by atoms with Crippen LogP contribution in [0.2, 0.25) is 0 Å². The van der Waals surface area contributed by atoms with Gasteiger partial charge in [-0.3, -0.25) is 0 Å². The molecule has 0 heterocycles. The number of ether oxygens (including phenoxy) is 1. The number of hydrogen-bond acceptors (Lipinski definition) is 3. The first-order valence-corrected chi connectivity index (χ1v) is 6.50. The quantitative estimate of drug-likeness (QED) is 0.857. The number of anilines is 1. The average molecular weight is 289 g/mol. The second-order valence-corrected chi connectivity index (χ2v) is 4.52. The lowest BCUT2D eigenvalue weighted by Crippen LogP contribution is -2.09. The zero-order chi connectivity index (χ0) is 15.2. The normalized spacial score (nSPS) is 10.2. The van der Waals surface area contributed by atoms with Crippen molar-refractivity contribution in [2.75, 3.05) is 19.0 Å². The van der Waals surface area contributed by atoms with Crippen LogP contribution in [0.1, 0.15) is 15.9 Å². The largest absolute Gasteiger partial charge is 0.497 e. The molecule has 0 saturated heterocycles. The molecule has 2 aromatic rings. The number of carboxylic acid groups (broad SMARTS) is 1. The Morgan fingerprint density at radius 1 is 1.24 bits per heavy atom. The molecule has 4 nitrogen and oxygen atoms in total. The fourth-order valence-corrected chi connectivity index (χ4v) is 1.98. The highest BCUT2D eigenvalue weighted by atomic mass is 19.1. The fraction of sp³-hybridized carbons (Fsp3) is 0.188. The first kappa shape index (κ1) is 14.8. The van der Waals surface area contributed by atoms with Gasteiger partial charge in [0.15, 0.2) is 0 Å². The van der Waals surface area contributed by atoms with Crippen LogP contribution >= 0.6 is 0 Å². The summed E-state index contributed by atoms with van der Waals surface area (Å²) >= 11 is 0. The van der Waals surface area contributed by atoms with Gasteiger partial charge in [0, 0.05) is 12.6 Å². The van der Waals surface area contributed by atoms with Crippen molar-refractivity contribution in [2.24, 2.45) is 0 Å². The Kier molecular flexibility index (Phi) is 4.77. The summed E-state index contributed by atoms with van der Waals surface area (Å²) < 4.78 is 17.9. The van der Waals surface area contributed by atoms with Crippen LogP contribution in [-0.4, -0.2) is 24.7 Å². The number of methoxy groups -OCH3 is 1. The summed E-state index contributed by atoms with van der Waals surface area (Å²) in [6.45, 7) is 0.541. The summed E-state index contributed by atoms with van der Waals surface area (Å²) in [5.41, 5.74) is 1.67. The lowest BCUT2D eigenvalue weighted by atomic mass is 10.1. The van der Waals surface area contributed by atoms with E-state index in [9.17, 15) is 9.18 Å². The molecule has 2 rings (SSSR count). The maximum absolute atomic E-state index is 12.8. The minimum atomic E-state index is -0.998. The highest BCUT2D eigenvalue weighted by Gasteiger charge is 2.10. The number of halogens is 1. The van der Waals surface area contributed by atoms with Crippen molar-refractivity contribution in [1.29, 1.82) is 0 Å². The minimum Gasteiger partial charge on any atom is -0.497 e. The van der Waals surface area contributed by atoms with Gasteiger partial charge < -0.3 is 15.2 Å². The zero-order valence-electron chi connectivity index (χ0n) is 11.6. The first-order valence-electron chi connectivity index (χ1n) is 6.50. The SMILES string of the molecule is COc1ccc(C(=O)O)c(NCCc2ccc(F)cc2)c1. The van der Waals surface area contributed by atoms with Gasteiger partial charge in [0.05, 0.1) is 18.4 Å². The highest BCUT2D eigenvalue weighted by molar-refractivity contribution is 5.94. The molecule has 0 radical (unpaired) electrons. The van der Waals surface area contributed by atoms with E-state index in [1.54, 1.807) is 24.3 Å². The van der Waals surface area contributed by atoms with E-state index in [0.29, 0.717) is 24.4 Å². The van der Waals surface area contributed by atoms with Crippen molar-refractivity contribution >= 4 is 11.7 Å². The van der Waals surface area contributed by atoms with Crippen LogP contribution in [0.25, 0.3) is 0 Å². The van der Waals surface area contributed by atoms with Gasteiger partial charge in [-0.1, -0.05) is 12.1 Å². The van der Waals surface area contributed by atoms with Crippen LogP contribution in [0.3, 0.4) is 0 Å². The second kappa shape index (κ2) is 6.74. The van der Waals surface area contributed by atoms with Crippen LogP contribution in [0.5, 0.6) is 5.75 Å². The topological polar surface area (TPSA) is 58.6 Å². The third-order valence-corrected chi connectivity index (χ3v) is 3.10. The van der Waals surface area contributed by atoms with E-state index in [4.69, 9.17) is 9.84 Å². The summed E-state index contributed by atoms with van der Waals surface area (Å²) in [6, 6.07) is 11.0. The Balaban J connectivity index is 2.04. The van der Waals surface area contributed by atoms with Gasteiger partial charge in [-0.15, -0.1) is 0 Å². The minimum absolute atomic E-state index is 0.190. The van der Waals surface area contributed by atoms with Crippen molar-refractivity contribution < 1.29 is 19.0 Å². The maximum atomic E-state index is 12.8. The lowest BCUT2D eigenvalue weighted by molar-refractivity contribution is 0.0698. The Hall–Kier alpha value is -2.56. The molecule has 2 aromatic carbocycles. The van der Waals surface area contributed by atoms with Gasteiger partial charge in [-0.25, -0.2) is 9.18 Å². The molecule has 0 saturated carbocycles. The van der Waals surface area contributed by atoms with Crippen LogP contribution < -0.4 is 10.1 Å². The smallest absolute Gasteiger partial charge is 0.337 e. The summed E-state index contributed by atoms with van der Waals surface area (Å²) in [7, 11) is 1.53. The van der Waals surface area contributed by atoms with Gasteiger partial charge in [0.2, 0.25) is 0 Å². The number of rotatable bonds is 6. The molecule has 0 aliphatic rings. The fourth-order valence-electron chi connectivity index (χ4n) is 1.98. The van der Waals surface area contributed by atoms with Crippen molar-refractivity contribution in [2.45, 2.75) is 6.42 Å². The molecule has 0 spiro atoms. The van der Waals surface area contributed by atoms with Crippen molar-refractivity contribution in [3.05, 3.63) is 59.4 Å². The Labute approximate surface area is 122 Å². The number of hydrogen-bond donors (Lipinski definition) is 2. The zero-order valence-corrected chi connectivity index (χ0v) is 11.6. The van der Waals surface area contributed by atoms with E-state index < -0.39 is 5.97 Å². The molecule has 5 heteroatoms. The van der Waals surface area contributed by atoms with Crippen LogP contribution in [0.4, 0.5) is 10.1 Å². The lowest BCUT2D eigenvalue weighted by Gasteiger charge is -2.11. The molecule has 110 valence electrons. The van der Waals surface area contributed by atoms with Gasteiger partial charge in [-0.05, 0) is 36.2 Å². The van der Waals surface area contributed by atoms with Gasteiger partial charge in [0.1, 0.15) is 11.6 Å². The molecular weight excluding hydrogens is 273 g/mol. The number of aromatic carboxylic acids is 1. The van der Waals surface area contributed by atoms with E-state index in [1.165, 1.54) is 25.3 Å². The predicted molar refractivity (Wildman–Crippen MR) is 78.5 cm³/mol. The van der Waals surface area contributed by atoms with Gasteiger partial charge >= 0.3 is 5.97 Å². The molecule has 0 atom stereocenters. The molecule has 0 unspecified atom stereocenters. The van der Waals surface area contributed by atoms with Gasteiger partial charge in [-0.2, -0.15) is 0 Å². The maximum Gasteiger partial charge on any atom is 0.337 e. The summed E-state index contributed by atoms with van der Waals surface area (Å²) in [4.78, 5) is 11.2. The number of nitrogens with one attached hydrogen (secondary N) is 1. The Morgan fingerprint density at radius 2 is 1.95 bits per heavy atom. The molecule has 0 aliphatic heterocycles. The number of carboxylic acids is 1. The first-order chi connectivity index (χ1) is 10.1. The van der Waals surface area contributed by atoms with Crippen LogP contribution in [-0.2, 0) is 6.42 Å². The molecule has 0 aliphatic carbocycles. The summed E-state index contributed by atoms with van der Waals surface area (Å²) in [5.74, 6) is -0.682. The molecule has 2 N–H and O–H groups in total. The third kappa shape index (κ3) is 3.95. The Bertz CT molecular complexity index is 626. The second-order valence-electron chi connectivity index (χ2n) is 4.52. The van der Waals surface area contributed by atoms with E-state index in [2.05, 4.69) is 5.32 Å². The third-order valence-electron chi connectivity index (χ3n) is 3.10. The standard InChI is InChI=1S/C16H16FNO3/c1-21-13-6-7-14(16(19)20)15(10-13)18-9-8-11-2-4-12(17)5-3-11/h2-7,10,18H,8-9H2,1H3,(H,19,20). The average Bonchev–Trinajstić information content (AvgIpc) is 2.49. The van der Waals surface area contributed by atoms with E-state index in [-0.39, 0.29) is 11.4 Å². The Morgan fingerprint density at radius 3 is 2.57 bits per heavy atom. The summed E-state index contributed by atoms with van der Waals surface area (Å²) in [6.07, 6.45) is 0.663.